The number of benzene rings is 3. The van der Waals surface area contributed by atoms with E-state index in [1.807, 2.05) is 73.8 Å². The van der Waals surface area contributed by atoms with Gasteiger partial charge in [-0.2, -0.15) is 5.26 Å². The number of nitrogens with one attached hydrogen (secondary N) is 1. The Morgan fingerprint density at radius 3 is 2.42 bits per heavy atom. The molecule has 4 aromatic rings. The van der Waals surface area contributed by atoms with Crippen LogP contribution in [-0.4, -0.2) is 17.1 Å². The van der Waals surface area contributed by atoms with Crippen molar-refractivity contribution in [3.8, 4) is 11.8 Å². The molecule has 0 saturated heterocycles. The minimum atomic E-state index is -0.425. The normalized spacial score (nSPS) is 11.8. The lowest BCUT2D eigenvalue weighted by Crippen LogP contribution is -2.14. The SMILES string of the molecule is Cc1ccccc1NC(=O)/C(C#N)=C/c1cn(CCOc2ccc(C(C)(C)C)cc2)c2ccccc12. The molecule has 0 spiro atoms. The number of nitriles is 1. The van der Waals surface area contributed by atoms with Crippen molar-refractivity contribution >= 4 is 28.6 Å². The van der Waals surface area contributed by atoms with Crippen LogP contribution < -0.4 is 10.1 Å². The van der Waals surface area contributed by atoms with E-state index in [-0.39, 0.29) is 11.0 Å². The van der Waals surface area contributed by atoms with Gasteiger partial charge in [0.05, 0.1) is 6.54 Å². The van der Waals surface area contributed by atoms with Crippen LogP contribution in [0.5, 0.6) is 5.75 Å². The quantitative estimate of drug-likeness (QED) is 0.233. The summed E-state index contributed by atoms with van der Waals surface area (Å²) in [6, 6.07) is 25.8. The third-order valence-corrected chi connectivity index (χ3v) is 6.20. The maximum absolute atomic E-state index is 12.8. The van der Waals surface area contributed by atoms with E-state index in [4.69, 9.17) is 4.74 Å². The molecular weight excluding hydrogens is 446 g/mol. The number of nitrogens with zero attached hydrogens (tertiary/aromatic N) is 2. The van der Waals surface area contributed by atoms with E-state index in [2.05, 4.69) is 48.9 Å². The lowest BCUT2D eigenvalue weighted by atomic mass is 9.87. The van der Waals surface area contributed by atoms with Crippen LogP contribution in [0.2, 0.25) is 0 Å². The number of anilines is 1. The summed E-state index contributed by atoms with van der Waals surface area (Å²) in [4.78, 5) is 12.8. The number of fused-ring (bicyclic) bond motifs is 1. The summed E-state index contributed by atoms with van der Waals surface area (Å²) >= 11 is 0. The van der Waals surface area contributed by atoms with Crippen molar-refractivity contribution in [3.05, 3.63) is 101 Å². The number of aryl methyl sites for hydroxylation is 1. The Morgan fingerprint density at radius 2 is 1.72 bits per heavy atom. The van der Waals surface area contributed by atoms with E-state index in [1.54, 1.807) is 6.08 Å². The smallest absolute Gasteiger partial charge is 0.266 e. The molecule has 0 unspecified atom stereocenters. The topological polar surface area (TPSA) is 67.0 Å². The number of aromatic nitrogens is 1. The molecule has 5 heteroatoms. The Labute approximate surface area is 212 Å². The van der Waals surface area contributed by atoms with Crippen LogP contribution in [0.1, 0.15) is 37.5 Å². The van der Waals surface area contributed by atoms with E-state index in [9.17, 15) is 10.1 Å². The molecule has 182 valence electrons. The van der Waals surface area contributed by atoms with Crippen molar-refractivity contribution in [2.75, 3.05) is 11.9 Å². The summed E-state index contributed by atoms with van der Waals surface area (Å²) in [7, 11) is 0. The second kappa shape index (κ2) is 10.5. The first-order valence-corrected chi connectivity index (χ1v) is 12.1. The van der Waals surface area contributed by atoms with E-state index in [0.717, 1.165) is 27.8 Å². The summed E-state index contributed by atoms with van der Waals surface area (Å²) < 4.78 is 8.10. The summed E-state index contributed by atoms with van der Waals surface area (Å²) in [5.41, 5.74) is 4.89. The lowest BCUT2D eigenvalue weighted by molar-refractivity contribution is -0.112. The van der Waals surface area contributed by atoms with Crippen molar-refractivity contribution in [3.63, 3.8) is 0 Å². The van der Waals surface area contributed by atoms with E-state index >= 15 is 0 Å². The van der Waals surface area contributed by atoms with Crippen LogP contribution in [0.25, 0.3) is 17.0 Å². The van der Waals surface area contributed by atoms with Gasteiger partial charge in [-0.05, 0) is 53.8 Å². The maximum atomic E-state index is 12.8. The maximum Gasteiger partial charge on any atom is 0.266 e. The highest BCUT2D eigenvalue weighted by Crippen LogP contribution is 2.26. The minimum Gasteiger partial charge on any atom is -0.492 e. The van der Waals surface area contributed by atoms with Crippen LogP contribution in [0.15, 0.2) is 84.6 Å². The number of carbonyl (C=O) groups excluding carboxylic acids is 1. The van der Waals surface area contributed by atoms with Crippen molar-refractivity contribution in [2.24, 2.45) is 0 Å². The molecule has 4 rings (SSSR count). The van der Waals surface area contributed by atoms with Crippen molar-refractivity contribution in [2.45, 2.75) is 39.7 Å². The largest absolute Gasteiger partial charge is 0.492 e. The molecule has 0 fully saturated rings. The van der Waals surface area contributed by atoms with Gasteiger partial charge in [-0.1, -0.05) is 69.3 Å². The molecule has 1 aromatic heterocycles. The second-order valence-electron chi connectivity index (χ2n) is 9.86. The number of para-hydroxylation sites is 2. The first-order valence-electron chi connectivity index (χ1n) is 12.1. The van der Waals surface area contributed by atoms with Crippen molar-refractivity contribution in [1.29, 1.82) is 5.26 Å². The van der Waals surface area contributed by atoms with Gasteiger partial charge in [-0.3, -0.25) is 4.79 Å². The lowest BCUT2D eigenvalue weighted by Gasteiger charge is -2.19. The van der Waals surface area contributed by atoms with Gasteiger partial charge in [0, 0.05) is 28.4 Å². The zero-order valence-corrected chi connectivity index (χ0v) is 21.2. The van der Waals surface area contributed by atoms with Gasteiger partial charge in [0.25, 0.3) is 5.91 Å². The number of amides is 1. The molecule has 0 saturated carbocycles. The highest BCUT2D eigenvalue weighted by molar-refractivity contribution is 6.11. The zero-order chi connectivity index (χ0) is 25.7. The summed E-state index contributed by atoms with van der Waals surface area (Å²) in [6.07, 6.45) is 3.62. The minimum absolute atomic E-state index is 0.0522. The Bertz CT molecular complexity index is 1450. The van der Waals surface area contributed by atoms with Crippen LogP contribution in [0, 0.1) is 18.3 Å². The van der Waals surface area contributed by atoms with E-state index in [1.165, 1.54) is 5.56 Å². The molecule has 0 radical (unpaired) electrons. The molecule has 0 aliphatic heterocycles. The standard InChI is InChI=1S/C31H31N3O2/c1-22-9-5-7-11-28(22)33-30(35)23(20-32)19-24-21-34(29-12-8-6-10-27(24)29)17-18-36-26-15-13-25(14-16-26)31(2,3)4/h5-16,19,21H,17-18H2,1-4H3,(H,33,35)/b23-19+. The molecule has 0 aliphatic rings. The Kier molecular flexibility index (Phi) is 7.26. The number of carbonyl (C=O) groups is 1. The van der Waals surface area contributed by atoms with Gasteiger partial charge in [0.15, 0.2) is 0 Å². The fourth-order valence-electron chi connectivity index (χ4n) is 4.10. The fraction of sp³-hybridized carbons (Fsp3) is 0.226. The van der Waals surface area contributed by atoms with E-state index < -0.39 is 5.91 Å². The Hall–Kier alpha value is -4.30. The highest BCUT2D eigenvalue weighted by atomic mass is 16.5. The number of ether oxygens (including phenoxy) is 1. The number of rotatable bonds is 7. The van der Waals surface area contributed by atoms with Gasteiger partial charge in [0.1, 0.15) is 24.0 Å². The van der Waals surface area contributed by atoms with Crippen molar-refractivity contribution < 1.29 is 9.53 Å². The van der Waals surface area contributed by atoms with Gasteiger partial charge >= 0.3 is 0 Å². The molecule has 3 aromatic carbocycles. The van der Waals surface area contributed by atoms with Crippen molar-refractivity contribution in [1.82, 2.24) is 4.57 Å². The Morgan fingerprint density at radius 1 is 1.03 bits per heavy atom. The van der Waals surface area contributed by atoms with Crippen LogP contribution in [0.4, 0.5) is 5.69 Å². The van der Waals surface area contributed by atoms with Crippen LogP contribution in [-0.2, 0) is 16.8 Å². The average molecular weight is 478 g/mol. The number of hydrogen-bond acceptors (Lipinski definition) is 3. The second-order valence-corrected chi connectivity index (χ2v) is 9.86. The first-order chi connectivity index (χ1) is 17.3. The molecule has 0 bridgehead atoms. The van der Waals surface area contributed by atoms with Gasteiger partial charge in [-0.25, -0.2) is 0 Å². The first kappa shape index (κ1) is 24.8. The van der Waals surface area contributed by atoms with Gasteiger partial charge < -0.3 is 14.6 Å². The molecule has 5 nitrogen and oxygen atoms in total. The van der Waals surface area contributed by atoms with Crippen LogP contribution >= 0.6 is 0 Å². The fourth-order valence-corrected chi connectivity index (χ4v) is 4.10. The third kappa shape index (κ3) is 5.67. The molecular formula is C31H31N3O2. The predicted octanol–water partition coefficient (Wildman–Crippen LogP) is 6.87. The molecule has 1 heterocycles. The molecule has 1 amide bonds. The Balaban J connectivity index is 1.52. The van der Waals surface area contributed by atoms with Gasteiger partial charge in [-0.15, -0.1) is 0 Å². The molecule has 1 N–H and O–H groups in total. The third-order valence-electron chi connectivity index (χ3n) is 6.20. The van der Waals surface area contributed by atoms with Crippen LogP contribution in [0.3, 0.4) is 0 Å². The van der Waals surface area contributed by atoms with E-state index in [0.29, 0.717) is 18.8 Å². The molecule has 36 heavy (non-hydrogen) atoms. The van der Waals surface area contributed by atoms with Gasteiger partial charge in [0.2, 0.25) is 0 Å². The highest BCUT2D eigenvalue weighted by Gasteiger charge is 2.15. The molecule has 0 aliphatic carbocycles. The monoisotopic (exact) mass is 477 g/mol. The number of hydrogen-bond donors (Lipinski definition) is 1. The predicted molar refractivity (Wildman–Crippen MR) is 146 cm³/mol. The summed E-state index contributed by atoms with van der Waals surface area (Å²) in [5.74, 6) is 0.407. The molecule has 0 atom stereocenters. The summed E-state index contributed by atoms with van der Waals surface area (Å²) in [5, 5.41) is 13.5. The average Bonchev–Trinajstić information content (AvgIpc) is 3.21. The summed E-state index contributed by atoms with van der Waals surface area (Å²) in [6.45, 7) is 9.62. The zero-order valence-electron chi connectivity index (χ0n) is 21.2.